The minimum atomic E-state index is -4.61. The largest absolute Gasteiger partial charge is 0.416 e. The van der Waals surface area contributed by atoms with Crippen LogP contribution >= 0.6 is 0 Å². The van der Waals surface area contributed by atoms with Crippen molar-refractivity contribution in [3.05, 3.63) is 71.3 Å². The molecule has 0 saturated heterocycles. The number of alkyl halides is 3. The van der Waals surface area contributed by atoms with Crippen LogP contribution in [0.4, 0.5) is 23.2 Å². The number of nitrogens with zero attached hydrogens (tertiary/aromatic N) is 3. The molecule has 2 aromatic heterocycles. The fraction of sp³-hybridized carbons (Fsp3) is 0.333. The van der Waals surface area contributed by atoms with Gasteiger partial charge in [-0.05, 0) is 42.7 Å². The molecule has 3 N–H and O–H groups in total. The van der Waals surface area contributed by atoms with Gasteiger partial charge in [-0.15, -0.1) is 0 Å². The summed E-state index contributed by atoms with van der Waals surface area (Å²) >= 11 is 0. The highest BCUT2D eigenvalue weighted by Crippen LogP contribution is 2.45. The second-order valence-electron chi connectivity index (χ2n) is 7.77. The van der Waals surface area contributed by atoms with Gasteiger partial charge in [-0.3, -0.25) is 9.89 Å². The molecule has 1 aliphatic carbocycles. The lowest BCUT2D eigenvalue weighted by Crippen LogP contribution is -2.41. The summed E-state index contributed by atoms with van der Waals surface area (Å²) in [5.41, 5.74) is -0.0448. The molecule has 0 atom stereocenters. The Hall–Kier alpha value is -3.50. The standard InChI is InChI=1S/C21H20F4N6O/c22-15-7-13(6-14(8-15)21(23,24)25)20(3-1-4-20)12-29-17-10-26-18(27-11-17)19(32)28-9-16-2-5-30-31-16/h2,5-8,10-11,29H,1,3-4,9,12H2,(H,28,32)(H,30,31). The predicted octanol–water partition coefficient (Wildman–Crippen LogP) is 3.82. The highest BCUT2D eigenvalue weighted by atomic mass is 19.4. The molecule has 3 aromatic rings. The number of aromatic nitrogens is 4. The van der Waals surface area contributed by atoms with Crippen molar-refractivity contribution >= 4 is 11.6 Å². The number of hydrogen-bond acceptors (Lipinski definition) is 5. The highest BCUT2D eigenvalue weighted by Gasteiger charge is 2.41. The first kappa shape index (κ1) is 21.7. The second-order valence-corrected chi connectivity index (χ2v) is 7.77. The molecule has 7 nitrogen and oxygen atoms in total. The van der Waals surface area contributed by atoms with Crippen molar-refractivity contribution in [3.8, 4) is 0 Å². The maximum absolute atomic E-state index is 13.9. The predicted molar refractivity (Wildman–Crippen MR) is 107 cm³/mol. The van der Waals surface area contributed by atoms with Gasteiger partial charge in [0.15, 0.2) is 0 Å². The molecular weight excluding hydrogens is 428 g/mol. The molecule has 11 heteroatoms. The lowest BCUT2D eigenvalue weighted by atomic mass is 9.64. The van der Waals surface area contributed by atoms with E-state index < -0.39 is 28.9 Å². The molecule has 0 radical (unpaired) electrons. The average molecular weight is 448 g/mol. The Bertz CT molecular complexity index is 1080. The summed E-state index contributed by atoms with van der Waals surface area (Å²) in [5.74, 6) is -1.38. The smallest absolute Gasteiger partial charge is 0.382 e. The van der Waals surface area contributed by atoms with E-state index in [4.69, 9.17) is 0 Å². The van der Waals surface area contributed by atoms with Crippen molar-refractivity contribution in [2.24, 2.45) is 0 Å². The van der Waals surface area contributed by atoms with Crippen LogP contribution in [0.1, 0.15) is 46.7 Å². The fourth-order valence-corrected chi connectivity index (χ4v) is 3.68. The van der Waals surface area contributed by atoms with Crippen LogP contribution in [0, 0.1) is 5.82 Å². The van der Waals surface area contributed by atoms with E-state index in [1.807, 2.05) is 0 Å². The summed E-state index contributed by atoms with van der Waals surface area (Å²) in [4.78, 5) is 20.2. The molecule has 0 bridgehead atoms. The van der Waals surface area contributed by atoms with Gasteiger partial charge in [-0.1, -0.05) is 6.42 Å². The minimum Gasteiger partial charge on any atom is -0.382 e. The zero-order valence-electron chi connectivity index (χ0n) is 16.8. The van der Waals surface area contributed by atoms with Gasteiger partial charge in [-0.25, -0.2) is 14.4 Å². The van der Waals surface area contributed by atoms with E-state index in [0.29, 0.717) is 36.7 Å². The summed E-state index contributed by atoms with van der Waals surface area (Å²) in [5, 5.41) is 12.3. The third kappa shape index (κ3) is 4.71. The van der Waals surface area contributed by atoms with Gasteiger partial charge in [0.25, 0.3) is 5.91 Å². The molecule has 1 fully saturated rings. The topological polar surface area (TPSA) is 95.6 Å². The van der Waals surface area contributed by atoms with Crippen LogP contribution in [0.15, 0.2) is 42.9 Å². The molecule has 4 rings (SSSR count). The molecule has 1 aromatic carbocycles. The Balaban J connectivity index is 1.41. The number of rotatable bonds is 7. The molecule has 1 saturated carbocycles. The Morgan fingerprint density at radius 3 is 2.50 bits per heavy atom. The molecule has 1 aliphatic rings. The molecule has 2 heterocycles. The van der Waals surface area contributed by atoms with Crippen LogP contribution in [0.25, 0.3) is 0 Å². The summed E-state index contributed by atoms with van der Waals surface area (Å²) in [6.07, 6.45) is 1.92. The van der Waals surface area contributed by atoms with Gasteiger partial charge in [0.2, 0.25) is 5.82 Å². The van der Waals surface area contributed by atoms with E-state index in [0.717, 1.165) is 18.2 Å². The molecule has 168 valence electrons. The Labute approximate surface area is 180 Å². The van der Waals surface area contributed by atoms with Crippen molar-refractivity contribution < 1.29 is 22.4 Å². The number of carbonyl (C=O) groups is 1. The Morgan fingerprint density at radius 1 is 1.16 bits per heavy atom. The van der Waals surface area contributed by atoms with E-state index >= 15 is 0 Å². The number of aromatic amines is 1. The lowest BCUT2D eigenvalue weighted by Gasteiger charge is -2.43. The van der Waals surface area contributed by atoms with Crippen LogP contribution in [0.3, 0.4) is 0 Å². The third-order valence-electron chi connectivity index (χ3n) is 5.63. The lowest BCUT2D eigenvalue weighted by molar-refractivity contribution is -0.137. The summed E-state index contributed by atoms with van der Waals surface area (Å²) in [6.45, 7) is 0.542. The van der Waals surface area contributed by atoms with E-state index in [2.05, 4.69) is 30.8 Å². The van der Waals surface area contributed by atoms with E-state index in [-0.39, 0.29) is 12.4 Å². The first-order valence-corrected chi connectivity index (χ1v) is 9.96. The molecule has 32 heavy (non-hydrogen) atoms. The van der Waals surface area contributed by atoms with Gasteiger partial charge in [0, 0.05) is 18.2 Å². The van der Waals surface area contributed by atoms with Crippen LogP contribution in [-0.2, 0) is 18.1 Å². The van der Waals surface area contributed by atoms with E-state index in [1.165, 1.54) is 18.5 Å². The maximum atomic E-state index is 13.9. The number of carbonyl (C=O) groups excluding carboxylic acids is 1. The third-order valence-corrected chi connectivity index (χ3v) is 5.63. The fourth-order valence-electron chi connectivity index (χ4n) is 3.68. The first-order valence-electron chi connectivity index (χ1n) is 9.96. The van der Waals surface area contributed by atoms with Crippen molar-refractivity contribution in [2.45, 2.75) is 37.4 Å². The SMILES string of the molecule is O=C(NCc1ccn[nH]1)c1ncc(NCC2(c3cc(F)cc(C(F)(F)F)c3)CCC2)cn1. The number of nitrogens with one attached hydrogen (secondary N) is 3. The molecule has 0 aliphatic heterocycles. The normalized spacial score (nSPS) is 15.1. The van der Waals surface area contributed by atoms with Crippen molar-refractivity contribution in [1.82, 2.24) is 25.5 Å². The van der Waals surface area contributed by atoms with Gasteiger partial charge >= 0.3 is 6.18 Å². The van der Waals surface area contributed by atoms with Crippen LogP contribution in [0.2, 0.25) is 0 Å². The van der Waals surface area contributed by atoms with Crippen LogP contribution in [-0.4, -0.2) is 32.6 Å². The Morgan fingerprint density at radius 2 is 1.91 bits per heavy atom. The van der Waals surface area contributed by atoms with Crippen LogP contribution in [0.5, 0.6) is 0 Å². The zero-order chi connectivity index (χ0) is 22.8. The summed E-state index contributed by atoms with van der Waals surface area (Å²) in [7, 11) is 0. The number of benzene rings is 1. The molecule has 0 spiro atoms. The van der Waals surface area contributed by atoms with Gasteiger partial charge in [-0.2, -0.15) is 18.3 Å². The van der Waals surface area contributed by atoms with E-state index in [1.54, 1.807) is 12.3 Å². The van der Waals surface area contributed by atoms with Crippen LogP contribution < -0.4 is 10.6 Å². The van der Waals surface area contributed by atoms with Crippen molar-refractivity contribution in [1.29, 1.82) is 0 Å². The van der Waals surface area contributed by atoms with Crippen molar-refractivity contribution in [3.63, 3.8) is 0 Å². The number of H-pyrrole nitrogens is 1. The van der Waals surface area contributed by atoms with Gasteiger partial charge in [0.05, 0.1) is 35.9 Å². The summed E-state index contributed by atoms with van der Waals surface area (Å²) in [6, 6.07) is 4.42. The number of anilines is 1. The number of hydrogen-bond donors (Lipinski definition) is 3. The second kappa shape index (κ2) is 8.56. The summed E-state index contributed by atoms with van der Waals surface area (Å²) < 4.78 is 53.2. The van der Waals surface area contributed by atoms with E-state index in [9.17, 15) is 22.4 Å². The first-order chi connectivity index (χ1) is 15.2. The average Bonchev–Trinajstić information content (AvgIpc) is 3.24. The molecular formula is C21H20F4N6O. The number of halogens is 4. The highest BCUT2D eigenvalue weighted by molar-refractivity contribution is 5.90. The number of amides is 1. The van der Waals surface area contributed by atoms with Gasteiger partial charge < -0.3 is 10.6 Å². The quantitative estimate of drug-likeness (QED) is 0.478. The Kier molecular flexibility index (Phi) is 5.81. The zero-order valence-corrected chi connectivity index (χ0v) is 16.8. The minimum absolute atomic E-state index is 0.0200. The van der Waals surface area contributed by atoms with Gasteiger partial charge in [0.1, 0.15) is 5.82 Å². The molecule has 0 unspecified atom stereocenters. The van der Waals surface area contributed by atoms with Crippen molar-refractivity contribution in [2.75, 3.05) is 11.9 Å². The molecule has 1 amide bonds. The monoisotopic (exact) mass is 448 g/mol. The maximum Gasteiger partial charge on any atom is 0.416 e.